The summed E-state index contributed by atoms with van der Waals surface area (Å²) >= 11 is 0. The number of carbonyl (C=O) groups excluding carboxylic acids is 1. The molecule has 5 nitrogen and oxygen atoms in total. The zero-order valence-electron chi connectivity index (χ0n) is 20.6. The van der Waals surface area contributed by atoms with E-state index in [9.17, 15) is 4.79 Å². The summed E-state index contributed by atoms with van der Waals surface area (Å²) in [5.74, 6) is 2.57. The van der Waals surface area contributed by atoms with Crippen molar-refractivity contribution in [3.8, 4) is 23.0 Å². The van der Waals surface area contributed by atoms with Crippen LogP contribution in [-0.4, -0.2) is 20.0 Å². The number of ketones is 1. The quantitative estimate of drug-likeness (QED) is 0.211. The Labute approximate surface area is 212 Å². The fourth-order valence-electron chi connectivity index (χ4n) is 3.88. The van der Waals surface area contributed by atoms with Crippen molar-refractivity contribution in [2.45, 2.75) is 26.1 Å². The third-order valence-electron chi connectivity index (χ3n) is 5.85. The first-order chi connectivity index (χ1) is 17.7. The van der Waals surface area contributed by atoms with Crippen molar-refractivity contribution < 1.29 is 23.7 Å². The third kappa shape index (κ3) is 6.66. The summed E-state index contributed by atoms with van der Waals surface area (Å²) in [6.07, 6.45) is 0.859. The molecule has 5 heteroatoms. The second-order valence-electron chi connectivity index (χ2n) is 8.31. The Bertz CT molecular complexity index is 1270. The van der Waals surface area contributed by atoms with Crippen LogP contribution in [0.4, 0.5) is 0 Å². The maximum absolute atomic E-state index is 13.0. The summed E-state index contributed by atoms with van der Waals surface area (Å²) in [6, 6.07) is 31.0. The van der Waals surface area contributed by atoms with Gasteiger partial charge in [-0.2, -0.15) is 0 Å². The molecular formula is C31H30O5. The second kappa shape index (κ2) is 12.5. The number of methoxy groups -OCH3 is 2. The number of benzene rings is 4. The highest BCUT2D eigenvalue weighted by molar-refractivity contribution is 5.99. The molecule has 0 heterocycles. The van der Waals surface area contributed by atoms with E-state index in [0.717, 1.165) is 22.4 Å². The molecule has 0 aliphatic heterocycles. The number of aryl methyl sites for hydroxylation is 1. The molecule has 0 saturated carbocycles. The Kier molecular flexibility index (Phi) is 8.60. The maximum Gasteiger partial charge on any atom is 0.166 e. The van der Waals surface area contributed by atoms with Crippen LogP contribution in [-0.2, 0) is 19.6 Å². The summed E-state index contributed by atoms with van der Waals surface area (Å²) < 4.78 is 22.8. The van der Waals surface area contributed by atoms with Crippen molar-refractivity contribution in [3.63, 3.8) is 0 Å². The molecule has 0 saturated heterocycles. The maximum atomic E-state index is 13.0. The van der Waals surface area contributed by atoms with Gasteiger partial charge in [-0.1, -0.05) is 66.7 Å². The van der Waals surface area contributed by atoms with Crippen molar-refractivity contribution in [1.29, 1.82) is 0 Å². The molecule has 0 bridgehead atoms. The molecule has 4 aromatic rings. The lowest BCUT2D eigenvalue weighted by molar-refractivity contribution is 0.0979. The normalized spacial score (nSPS) is 10.5. The Morgan fingerprint density at radius 1 is 0.639 bits per heavy atom. The SMILES string of the molecule is COc1cc(OCc2ccccc2)ccc1CCC(=O)c1ccc(OCc2ccccc2)cc1OC. The van der Waals surface area contributed by atoms with Crippen LogP contribution < -0.4 is 18.9 Å². The Morgan fingerprint density at radius 2 is 1.17 bits per heavy atom. The number of hydrogen-bond acceptors (Lipinski definition) is 5. The third-order valence-corrected chi connectivity index (χ3v) is 5.85. The van der Waals surface area contributed by atoms with Crippen molar-refractivity contribution in [1.82, 2.24) is 0 Å². The molecule has 0 unspecified atom stereocenters. The first-order valence-electron chi connectivity index (χ1n) is 11.9. The summed E-state index contributed by atoms with van der Waals surface area (Å²) in [6.45, 7) is 0.925. The fraction of sp³-hybridized carbons (Fsp3) is 0.194. The Morgan fingerprint density at radius 3 is 1.72 bits per heavy atom. The van der Waals surface area contributed by atoms with Crippen LogP contribution >= 0.6 is 0 Å². The molecule has 184 valence electrons. The van der Waals surface area contributed by atoms with Crippen LogP contribution in [0.3, 0.4) is 0 Å². The lowest BCUT2D eigenvalue weighted by atomic mass is 10.0. The van der Waals surface area contributed by atoms with Gasteiger partial charge in [0.15, 0.2) is 5.78 Å². The van der Waals surface area contributed by atoms with Gasteiger partial charge in [-0.05, 0) is 41.3 Å². The lowest BCUT2D eigenvalue weighted by Gasteiger charge is -2.13. The van der Waals surface area contributed by atoms with Gasteiger partial charge in [0.05, 0.1) is 19.8 Å². The zero-order chi connectivity index (χ0) is 25.2. The average Bonchev–Trinajstić information content (AvgIpc) is 2.94. The molecule has 4 rings (SSSR count). The highest BCUT2D eigenvalue weighted by Gasteiger charge is 2.15. The minimum absolute atomic E-state index is 0.00656. The van der Waals surface area contributed by atoms with Crippen LogP contribution in [0.5, 0.6) is 23.0 Å². The van der Waals surface area contributed by atoms with Crippen molar-refractivity contribution >= 4 is 5.78 Å². The molecular weight excluding hydrogens is 452 g/mol. The minimum atomic E-state index is -0.00656. The summed E-state index contributed by atoms with van der Waals surface area (Å²) in [7, 11) is 3.18. The molecule has 0 aliphatic carbocycles. The predicted octanol–water partition coefficient (Wildman–Crippen LogP) is 6.68. The number of ether oxygens (including phenoxy) is 4. The molecule has 0 atom stereocenters. The summed E-state index contributed by atoms with van der Waals surface area (Å²) in [5, 5.41) is 0. The van der Waals surface area contributed by atoms with Gasteiger partial charge in [-0.15, -0.1) is 0 Å². The molecule has 0 aliphatic rings. The monoisotopic (exact) mass is 482 g/mol. The number of rotatable bonds is 12. The number of Topliss-reactive ketones (excluding diaryl/α,β-unsaturated/α-hetero) is 1. The van der Waals surface area contributed by atoms with Crippen LogP contribution in [0, 0.1) is 0 Å². The number of carbonyl (C=O) groups is 1. The van der Waals surface area contributed by atoms with E-state index < -0.39 is 0 Å². The van der Waals surface area contributed by atoms with Crippen LogP contribution in [0.25, 0.3) is 0 Å². The molecule has 0 fully saturated rings. The van der Waals surface area contributed by atoms with Gasteiger partial charge in [-0.3, -0.25) is 4.79 Å². The molecule has 0 N–H and O–H groups in total. The smallest absolute Gasteiger partial charge is 0.166 e. The van der Waals surface area contributed by atoms with E-state index in [-0.39, 0.29) is 5.78 Å². The molecule has 0 spiro atoms. The fourth-order valence-corrected chi connectivity index (χ4v) is 3.88. The van der Waals surface area contributed by atoms with Gasteiger partial charge in [0.25, 0.3) is 0 Å². The van der Waals surface area contributed by atoms with Crippen LogP contribution in [0.1, 0.15) is 33.5 Å². The first-order valence-corrected chi connectivity index (χ1v) is 11.9. The Hall–Kier alpha value is -4.25. The van der Waals surface area contributed by atoms with Gasteiger partial charge in [0.2, 0.25) is 0 Å². The topological polar surface area (TPSA) is 54.0 Å². The molecule has 36 heavy (non-hydrogen) atoms. The molecule has 0 amide bonds. The zero-order valence-corrected chi connectivity index (χ0v) is 20.6. The first kappa shape index (κ1) is 24.9. The molecule has 0 radical (unpaired) electrons. The molecule has 4 aromatic carbocycles. The standard InChI is InChI=1S/C31H30O5/c1-33-30-19-26(35-21-23-9-5-3-6-10-23)15-13-25(30)14-18-29(32)28-17-16-27(20-31(28)34-2)36-22-24-11-7-4-8-12-24/h3-13,15-17,19-20H,14,18,21-22H2,1-2H3. The predicted molar refractivity (Wildman–Crippen MR) is 140 cm³/mol. The molecule has 0 aromatic heterocycles. The average molecular weight is 483 g/mol. The highest BCUT2D eigenvalue weighted by Crippen LogP contribution is 2.29. The highest BCUT2D eigenvalue weighted by atomic mass is 16.5. The summed E-state index contributed by atoms with van der Waals surface area (Å²) in [4.78, 5) is 13.0. The van der Waals surface area contributed by atoms with Gasteiger partial charge in [0.1, 0.15) is 36.2 Å². The second-order valence-corrected chi connectivity index (χ2v) is 8.31. The van der Waals surface area contributed by atoms with Crippen LogP contribution in [0.15, 0.2) is 97.1 Å². The van der Waals surface area contributed by atoms with Crippen molar-refractivity contribution in [2.24, 2.45) is 0 Å². The largest absolute Gasteiger partial charge is 0.496 e. The van der Waals surface area contributed by atoms with E-state index in [1.54, 1.807) is 32.4 Å². The lowest BCUT2D eigenvalue weighted by Crippen LogP contribution is -2.05. The van der Waals surface area contributed by atoms with E-state index in [0.29, 0.717) is 48.9 Å². The van der Waals surface area contributed by atoms with Crippen molar-refractivity contribution in [3.05, 3.63) is 119 Å². The van der Waals surface area contributed by atoms with Gasteiger partial charge < -0.3 is 18.9 Å². The number of hydrogen-bond donors (Lipinski definition) is 0. The minimum Gasteiger partial charge on any atom is -0.496 e. The van der Waals surface area contributed by atoms with Crippen molar-refractivity contribution in [2.75, 3.05) is 14.2 Å². The van der Waals surface area contributed by atoms with E-state index in [2.05, 4.69) is 0 Å². The van der Waals surface area contributed by atoms with E-state index in [4.69, 9.17) is 18.9 Å². The van der Waals surface area contributed by atoms with E-state index in [1.165, 1.54) is 0 Å². The van der Waals surface area contributed by atoms with Gasteiger partial charge >= 0.3 is 0 Å². The van der Waals surface area contributed by atoms with Gasteiger partial charge in [-0.25, -0.2) is 0 Å². The Balaban J connectivity index is 1.37. The van der Waals surface area contributed by atoms with Gasteiger partial charge in [0, 0.05) is 18.6 Å². The van der Waals surface area contributed by atoms with Crippen LogP contribution in [0.2, 0.25) is 0 Å². The van der Waals surface area contributed by atoms with E-state index >= 15 is 0 Å². The summed E-state index contributed by atoms with van der Waals surface area (Å²) in [5.41, 5.74) is 3.64. The van der Waals surface area contributed by atoms with E-state index in [1.807, 2.05) is 78.9 Å².